The van der Waals surface area contributed by atoms with Gasteiger partial charge in [0.2, 0.25) is 0 Å². The van der Waals surface area contributed by atoms with Crippen LogP contribution in [0, 0.1) is 18.3 Å². The quantitative estimate of drug-likeness (QED) is 0.690. The van der Waals surface area contributed by atoms with Crippen LogP contribution < -0.4 is 5.32 Å². The van der Waals surface area contributed by atoms with E-state index in [1.54, 1.807) is 54.9 Å². The van der Waals surface area contributed by atoms with E-state index in [4.69, 9.17) is 10.00 Å². The third kappa shape index (κ3) is 3.91. The molecule has 0 atom stereocenters. The lowest BCUT2D eigenvalue weighted by atomic mass is 10.1. The van der Waals surface area contributed by atoms with E-state index in [0.717, 1.165) is 0 Å². The Morgan fingerprint density at radius 3 is 2.75 bits per heavy atom. The van der Waals surface area contributed by atoms with Crippen LogP contribution in [0.3, 0.4) is 0 Å². The Morgan fingerprint density at radius 1 is 1.21 bits per heavy atom. The molecule has 0 aliphatic carbocycles. The fraction of sp³-hybridized carbons (Fsp3) is 0.143. The first-order valence-corrected chi connectivity index (χ1v) is 8.67. The Labute approximate surface area is 162 Å². The Hall–Kier alpha value is -3.92. The third-order valence-corrected chi connectivity index (χ3v) is 4.11. The lowest BCUT2D eigenvalue weighted by molar-refractivity contribution is 0.0525. The van der Waals surface area contributed by atoms with E-state index in [9.17, 15) is 9.59 Å². The van der Waals surface area contributed by atoms with Gasteiger partial charge in [-0.25, -0.2) is 9.48 Å². The minimum atomic E-state index is -0.423. The van der Waals surface area contributed by atoms with Crippen molar-refractivity contribution in [2.45, 2.75) is 13.8 Å². The molecule has 2 aromatic carbocycles. The molecule has 0 unspecified atom stereocenters. The Kier molecular flexibility index (Phi) is 5.51. The number of esters is 1. The smallest absolute Gasteiger partial charge is 0.341 e. The molecule has 0 saturated carbocycles. The van der Waals surface area contributed by atoms with E-state index in [-0.39, 0.29) is 12.5 Å². The number of hydrogen-bond donors (Lipinski definition) is 1. The van der Waals surface area contributed by atoms with Gasteiger partial charge >= 0.3 is 5.97 Å². The van der Waals surface area contributed by atoms with Crippen molar-refractivity contribution in [1.29, 1.82) is 5.26 Å². The van der Waals surface area contributed by atoms with Gasteiger partial charge in [-0.05, 0) is 50.2 Å². The monoisotopic (exact) mass is 374 g/mol. The van der Waals surface area contributed by atoms with Gasteiger partial charge in [0, 0.05) is 11.3 Å². The number of nitriles is 1. The number of carbonyl (C=O) groups is 2. The van der Waals surface area contributed by atoms with E-state index in [1.807, 2.05) is 12.1 Å². The van der Waals surface area contributed by atoms with Crippen LogP contribution in [0.25, 0.3) is 5.69 Å². The Balaban J connectivity index is 1.84. The summed E-state index contributed by atoms with van der Waals surface area (Å²) in [6.07, 6.45) is 1.46. The molecule has 0 spiro atoms. The zero-order valence-electron chi connectivity index (χ0n) is 15.5. The molecule has 7 nitrogen and oxygen atoms in total. The number of rotatable bonds is 5. The number of carbonyl (C=O) groups excluding carboxylic acids is 2. The highest BCUT2D eigenvalue weighted by Crippen LogP contribution is 2.19. The van der Waals surface area contributed by atoms with E-state index < -0.39 is 5.97 Å². The molecule has 0 aliphatic heterocycles. The maximum Gasteiger partial charge on any atom is 0.341 e. The number of nitrogens with one attached hydrogen (secondary N) is 1. The largest absolute Gasteiger partial charge is 0.462 e. The number of hydrogen-bond acceptors (Lipinski definition) is 5. The van der Waals surface area contributed by atoms with Crippen LogP contribution in [0.15, 0.2) is 54.7 Å². The van der Waals surface area contributed by atoms with Gasteiger partial charge < -0.3 is 10.1 Å². The lowest BCUT2D eigenvalue weighted by Gasteiger charge is -2.09. The van der Waals surface area contributed by atoms with Gasteiger partial charge in [0.1, 0.15) is 5.56 Å². The molecular formula is C21H18N4O3. The fourth-order valence-corrected chi connectivity index (χ4v) is 2.73. The van der Waals surface area contributed by atoms with Crippen LogP contribution in [0.5, 0.6) is 0 Å². The zero-order chi connectivity index (χ0) is 20.1. The first-order chi connectivity index (χ1) is 13.5. The maximum atomic E-state index is 12.5. The van der Waals surface area contributed by atoms with E-state index >= 15 is 0 Å². The molecule has 7 heteroatoms. The summed E-state index contributed by atoms with van der Waals surface area (Å²) < 4.78 is 6.64. The van der Waals surface area contributed by atoms with Crippen LogP contribution >= 0.6 is 0 Å². The number of benzene rings is 2. The highest BCUT2D eigenvalue weighted by Gasteiger charge is 2.16. The van der Waals surface area contributed by atoms with Crippen molar-refractivity contribution in [1.82, 2.24) is 9.78 Å². The molecule has 1 N–H and O–H groups in total. The second-order valence-electron chi connectivity index (χ2n) is 5.97. The second-order valence-corrected chi connectivity index (χ2v) is 5.97. The number of aromatic nitrogens is 2. The van der Waals surface area contributed by atoms with Crippen LogP contribution in [0.2, 0.25) is 0 Å². The molecule has 3 aromatic rings. The maximum absolute atomic E-state index is 12.5. The third-order valence-electron chi connectivity index (χ3n) is 4.11. The zero-order valence-corrected chi connectivity index (χ0v) is 15.5. The number of anilines is 1. The summed E-state index contributed by atoms with van der Waals surface area (Å²) in [7, 11) is 0. The average molecular weight is 374 g/mol. The van der Waals surface area contributed by atoms with Gasteiger partial charge in [0.15, 0.2) is 0 Å². The van der Waals surface area contributed by atoms with Crippen molar-refractivity contribution in [3.05, 3.63) is 77.1 Å². The summed E-state index contributed by atoms with van der Waals surface area (Å²) >= 11 is 0. The van der Waals surface area contributed by atoms with E-state index in [0.29, 0.717) is 33.8 Å². The molecule has 1 heterocycles. The molecule has 140 valence electrons. The van der Waals surface area contributed by atoms with Crippen molar-refractivity contribution in [2.24, 2.45) is 0 Å². The number of nitrogens with zero attached hydrogens (tertiary/aromatic N) is 3. The molecule has 1 aromatic heterocycles. The van der Waals surface area contributed by atoms with Gasteiger partial charge in [-0.1, -0.05) is 12.1 Å². The molecule has 0 aliphatic rings. The predicted molar refractivity (Wildman–Crippen MR) is 103 cm³/mol. The van der Waals surface area contributed by atoms with Crippen molar-refractivity contribution in [3.8, 4) is 11.8 Å². The van der Waals surface area contributed by atoms with Crippen molar-refractivity contribution >= 4 is 17.6 Å². The van der Waals surface area contributed by atoms with Crippen molar-refractivity contribution < 1.29 is 14.3 Å². The van der Waals surface area contributed by atoms with Crippen molar-refractivity contribution in [2.75, 3.05) is 11.9 Å². The van der Waals surface area contributed by atoms with Crippen LogP contribution in [-0.4, -0.2) is 28.3 Å². The molecule has 28 heavy (non-hydrogen) atoms. The Bertz CT molecular complexity index is 1080. The first kappa shape index (κ1) is 18.9. The minimum absolute atomic E-state index is 0.290. The second kappa shape index (κ2) is 8.18. The van der Waals surface area contributed by atoms with Gasteiger partial charge in [-0.15, -0.1) is 0 Å². The normalized spacial score (nSPS) is 10.2. The summed E-state index contributed by atoms with van der Waals surface area (Å²) in [5, 5.41) is 16.0. The number of ether oxygens (including phenoxy) is 1. The van der Waals surface area contributed by atoms with E-state index in [2.05, 4.69) is 10.4 Å². The van der Waals surface area contributed by atoms with Crippen LogP contribution in [-0.2, 0) is 4.74 Å². The summed E-state index contributed by atoms with van der Waals surface area (Å²) in [6, 6.07) is 15.6. The highest BCUT2D eigenvalue weighted by atomic mass is 16.5. The topological polar surface area (TPSA) is 97.0 Å². The van der Waals surface area contributed by atoms with Crippen LogP contribution in [0.4, 0.5) is 5.69 Å². The average Bonchev–Trinajstić information content (AvgIpc) is 3.10. The first-order valence-electron chi connectivity index (χ1n) is 8.67. The molecule has 1 amide bonds. The van der Waals surface area contributed by atoms with E-state index in [1.165, 1.54) is 12.3 Å². The lowest BCUT2D eigenvalue weighted by Crippen LogP contribution is -2.12. The van der Waals surface area contributed by atoms with Crippen LogP contribution in [0.1, 0.15) is 38.9 Å². The molecule has 3 rings (SSSR count). The molecule has 0 saturated heterocycles. The molecule has 0 bridgehead atoms. The number of amides is 1. The van der Waals surface area contributed by atoms with Gasteiger partial charge in [-0.2, -0.15) is 10.4 Å². The SMILES string of the molecule is CCOC(=O)c1cnn(-c2cccc(NC(=O)c3cccc(C#N)c3)c2)c1C. The summed E-state index contributed by atoms with van der Waals surface area (Å²) in [6.45, 7) is 3.81. The minimum Gasteiger partial charge on any atom is -0.462 e. The van der Waals surface area contributed by atoms with Gasteiger partial charge in [0.05, 0.1) is 35.8 Å². The summed E-state index contributed by atoms with van der Waals surface area (Å²) in [5.74, 6) is -0.744. The van der Waals surface area contributed by atoms with Crippen molar-refractivity contribution in [3.63, 3.8) is 0 Å². The summed E-state index contributed by atoms with van der Waals surface area (Å²) in [5.41, 5.74) is 3.10. The predicted octanol–water partition coefficient (Wildman–Crippen LogP) is 3.48. The highest BCUT2D eigenvalue weighted by molar-refractivity contribution is 6.04. The summed E-state index contributed by atoms with van der Waals surface area (Å²) in [4.78, 5) is 24.4. The fourth-order valence-electron chi connectivity index (χ4n) is 2.73. The van der Waals surface area contributed by atoms with Gasteiger partial charge in [-0.3, -0.25) is 4.79 Å². The molecular weight excluding hydrogens is 356 g/mol. The van der Waals surface area contributed by atoms with Gasteiger partial charge in [0.25, 0.3) is 5.91 Å². The Morgan fingerprint density at radius 2 is 2.00 bits per heavy atom. The molecule has 0 fully saturated rings. The molecule has 0 radical (unpaired) electrons. The standard InChI is InChI=1S/C21H18N4O3/c1-3-28-21(27)19-13-23-25(14(19)2)18-9-5-8-17(11-18)24-20(26)16-7-4-6-15(10-16)12-22/h4-11,13H,3H2,1-2H3,(H,24,26).